The van der Waals surface area contributed by atoms with E-state index in [0.717, 1.165) is 5.56 Å². The van der Waals surface area contributed by atoms with E-state index in [4.69, 9.17) is 0 Å². The number of amides is 2. The lowest BCUT2D eigenvalue weighted by atomic mass is 9.98. The van der Waals surface area contributed by atoms with Crippen LogP contribution in [0.5, 0.6) is 0 Å². The molecule has 0 aromatic heterocycles. The number of carbonyl (C=O) groups is 2. The van der Waals surface area contributed by atoms with Crippen LogP contribution in [-0.4, -0.2) is 37.6 Å². The van der Waals surface area contributed by atoms with Crippen molar-refractivity contribution in [3.63, 3.8) is 0 Å². The lowest BCUT2D eigenvalue weighted by Gasteiger charge is -2.31. The fourth-order valence-corrected chi connectivity index (χ4v) is 5.73. The van der Waals surface area contributed by atoms with Crippen LogP contribution >= 0.6 is 0 Å². The van der Waals surface area contributed by atoms with Gasteiger partial charge in [0.15, 0.2) is 0 Å². The van der Waals surface area contributed by atoms with E-state index in [1.807, 2.05) is 0 Å². The van der Waals surface area contributed by atoms with Crippen LogP contribution in [0.1, 0.15) is 36.8 Å². The Morgan fingerprint density at radius 2 is 1.97 bits per heavy atom. The molecule has 2 aliphatic rings. The van der Waals surface area contributed by atoms with E-state index in [9.17, 15) is 22.4 Å². The Morgan fingerprint density at radius 1 is 1.16 bits per heavy atom. The van der Waals surface area contributed by atoms with Gasteiger partial charge in [-0.3, -0.25) is 9.59 Å². The SMILES string of the molecule is Cc1ccc(NC(=O)C2CCCN(S(=O)(=O)c3ccc4c(c3)CCCC(=O)N4)C2)cc1F. The molecule has 4 rings (SSSR count). The smallest absolute Gasteiger partial charge is 0.243 e. The van der Waals surface area contributed by atoms with Crippen LogP contribution in [0, 0.1) is 18.7 Å². The summed E-state index contributed by atoms with van der Waals surface area (Å²) < 4.78 is 41.7. The maximum absolute atomic E-state index is 13.8. The number of benzene rings is 2. The summed E-state index contributed by atoms with van der Waals surface area (Å²) in [6.45, 7) is 2.04. The summed E-state index contributed by atoms with van der Waals surface area (Å²) in [7, 11) is -3.79. The molecule has 1 saturated heterocycles. The number of carbonyl (C=O) groups excluding carboxylic acids is 2. The Morgan fingerprint density at radius 3 is 2.75 bits per heavy atom. The Kier molecular flexibility index (Phi) is 6.30. The highest BCUT2D eigenvalue weighted by Gasteiger charge is 2.34. The van der Waals surface area contributed by atoms with Crippen LogP contribution < -0.4 is 10.6 Å². The number of halogens is 1. The number of rotatable bonds is 4. The van der Waals surface area contributed by atoms with Crippen LogP contribution in [0.15, 0.2) is 41.3 Å². The normalized spacial score (nSPS) is 19.6. The summed E-state index contributed by atoms with van der Waals surface area (Å²) in [6.07, 6.45) is 2.80. The van der Waals surface area contributed by atoms with Crippen molar-refractivity contribution in [1.29, 1.82) is 0 Å². The molecule has 1 atom stereocenters. The van der Waals surface area contributed by atoms with Crippen LogP contribution in [-0.2, 0) is 26.0 Å². The zero-order chi connectivity index (χ0) is 22.9. The van der Waals surface area contributed by atoms with Gasteiger partial charge in [0.1, 0.15) is 5.82 Å². The second kappa shape index (κ2) is 8.99. The van der Waals surface area contributed by atoms with Crippen molar-refractivity contribution in [3.8, 4) is 0 Å². The molecule has 2 aromatic rings. The van der Waals surface area contributed by atoms with Crippen molar-refractivity contribution in [1.82, 2.24) is 4.31 Å². The molecular weight excluding hydrogens is 433 g/mol. The minimum Gasteiger partial charge on any atom is -0.326 e. The molecule has 2 N–H and O–H groups in total. The molecule has 0 radical (unpaired) electrons. The predicted octanol–water partition coefficient (Wildman–Crippen LogP) is 3.45. The van der Waals surface area contributed by atoms with Crippen LogP contribution in [0.3, 0.4) is 0 Å². The number of nitrogens with zero attached hydrogens (tertiary/aromatic N) is 1. The zero-order valence-corrected chi connectivity index (χ0v) is 18.7. The average molecular weight is 460 g/mol. The molecule has 2 aliphatic heterocycles. The molecule has 170 valence electrons. The van der Waals surface area contributed by atoms with Gasteiger partial charge in [0, 0.05) is 30.9 Å². The second-order valence-electron chi connectivity index (χ2n) is 8.38. The monoisotopic (exact) mass is 459 g/mol. The number of hydrogen-bond acceptors (Lipinski definition) is 4. The Hall–Kier alpha value is -2.78. The Labute approximate surface area is 187 Å². The lowest BCUT2D eigenvalue weighted by molar-refractivity contribution is -0.121. The molecule has 2 aromatic carbocycles. The van der Waals surface area contributed by atoms with Gasteiger partial charge in [0.2, 0.25) is 21.8 Å². The van der Waals surface area contributed by atoms with Gasteiger partial charge in [-0.15, -0.1) is 0 Å². The van der Waals surface area contributed by atoms with E-state index in [1.54, 1.807) is 31.2 Å². The first-order valence-corrected chi connectivity index (χ1v) is 12.2. The van der Waals surface area contributed by atoms with Gasteiger partial charge in [-0.25, -0.2) is 12.8 Å². The van der Waals surface area contributed by atoms with Gasteiger partial charge in [0.05, 0.1) is 10.8 Å². The molecule has 0 saturated carbocycles. The van der Waals surface area contributed by atoms with Crippen molar-refractivity contribution >= 4 is 33.2 Å². The number of anilines is 2. The van der Waals surface area contributed by atoms with Gasteiger partial charge >= 0.3 is 0 Å². The van der Waals surface area contributed by atoms with Crippen molar-refractivity contribution in [2.45, 2.75) is 43.9 Å². The number of fused-ring (bicyclic) bond motifs is 1. The van der Waals surface area contributed by atoms with E-state index in [1.165, 1.54) is 16.4 Å². The second-order valence-corrected chi connectivity index (χ2v) is 10.3. The Bertz CT molecular complexity index is 1170. The highest BCUT2D eigenvalue weighted by atomic mass is 32.2. The van der Waals surface area contributed by atoms with Crippen molar-refractivity contribution in [2.24, 2.45) is 5.92 Å². The molecule has 0 bridgehead atoms. The summed E-state index contributed by atoms with van der Waals surface area (Å²) in [5, 5.41) is 5.51. The van der Waals surface area contributed by atoms with E-state index < -0.39 is 21.8 Å². The first-order valence-electron chi connectivity index (χ1n) is 10.7. The van der Waals surface area contributed by atoms with E-state index >= 15 is 0 Å². The number of piperidine rings is 1. The highest BCUT2D eigenvalue weighted by molar-refractivity contribution is 7.89. The predicted molar refractivity (Wildman–Crippen MR) is 119 cm³/mol. The van der Waals surface area contributed by atoms with E-state index in [0.29, 0.717) is 55.6 Å². The molecular formula is C23H26FN3O4S. The van der Waals surface area contributed by atoms with Crippen molar-refractivity contribution in [3.05, 3.63) is 53.3 Å². The minimum atomic E-state index is -3.79. The molecule has 9 heteroatoms. The van der Waals surface area contributed by atoms with Gasteiger partial charge in [-0.2, -0.15) is 4.31 Å². The third kappa shape index (κ3) is 4.68. The van der Waals surface area contributed by atoms with Gasteiger partial charge in [0.25, 0.3) is 0 Å². The number of aryl methyl sites for hydroxylation is 2. The number of sulfonamides is 1. The quantitative estimate of drug-likeness (QED) is 0.732. The maximum Gasteiger partial charge on any atom is 0.243 e. The third-order valence-corrected chi connectivity index (χ3v) is 7.89. The first-order chi connectivity index (χ1) is 15.2. The van der Waals surface area contributed by atoms with Crippen LogP contribution in [0.25, 0.3) is 0 Å². The Balaban J connectivity index is 1.49. The summed E-state index contributed by atoms with van der Waals surface area (Å²) in [4.78, 5) is 24.6. The van der Waals surface area contributed by atoms with Crippen molar-refractivity contribution in [2.75, 3.05) is 23.7 Å². The molecule has 2 heterocycles. The number of hydrogen-bond donors (Lipinski definition) is 2. The molecule has 0 aliphatic carbocycles. The van der Waals surface area contributed by atoms with Gasteiger partial charge in [-0.05, 0) is 74.1 Å². The first kappa shape index (κ1) is 22.4. The molecule has 32 heavy (non-hydrogen) atoms. The van der Waals surface area contributed by atoms with E-state index in [-0.39, 0.29) is 23.3 Å². The summed E-state index contributed by atoms with van der Waals surface area (Å²) >= 11 is 0. The fraction of sp³-hybridized carbons (Fsp3) is 0.391. The highest BCUT2D eigenvalue weighted by Crippen LogP contribution is 2.29. The molecule has 2 amide bonds. The standard InChI is InChI=1S/C23H26FN3O4S/c1-15-7-8-18(13-20(15)24)25-23(29)17-5-3-11-27(14-17)32(30,31)19-9-10-21-16(12-19)4-2-6-22(28)26-21/h7-10,12-13,17H,2-6,11,14H2,1H3,(H,25,29)(H,26,28). The van der Waals surface area contributed by atoms with Gasteiger partial charge in [-0.1, -0.05) is 6.07 Å². The van der Waals surface area contributed by atoms with Crippen LogP contribution in [0.2, 0.25) is 0 Å². The van der Waals surface area contributed by atoms with Crippen molar-refractivity contribution < 1.29 is 22.4 Å². The molecule has 7 nitrogen and oxygen atoms in total. The van der Waals surface area contributed by atoms with Gasteiger partial charge < -0.3 is 10.6 Å². The summed E-state index contributed by atoms with van der Waals surface area (Å²) in [5.41, 5.74) is 2.28. The fourth-order valence-electron chi connectivity index (χ4n) is 4.15. The zero-order valence-electron chi connectivity index (χ0n) is 17.9. The topological polar surface area (TPSA) is 95.6 Å². The number of nitrogens with one attached hydrogen (secondary N) is 2. The maximum atomic E-state index is 13.8. The van der Waals surface area contributed by atoms with Crippen LogP contribution in [0.4, 0.5) is 15.8 Å². The summed E-state index contributed by atoms with van der Waals surface area (Å²) in [6, 6.07) is 9.23. The molecule has 1 unspecified atom stereocenters. The summed E-state index contributed by atoms with van der Waals surface area (Å²) in [5.74, 6) is -1.33. The lowest BCUT2D eigenvalue weighted by Crippen LogP contribution is -2.43. The third-order valence-electron chi connectivity index (χ3n) is 6.03. The minimum absolute atomic E-state index is 0.0658. The molecule has 0 spiro atoms. The average Bonchev–Trinajstić information content (AvgIpc) is 2.96. The largest absolute Gasteiger partial charge is 0.326 e. The molecule has 1 fully saturated rings. The van der Waals surface area contributed by atoms with E-state index in [2.05, 4.69) is 10.6 Å².